The number of carbonyl (C=O) groups is 3. The van der Waals surface area contributed by atoms with Crippen LogP contribution in [-0.2, 0) is 20.9 Å². The number of alkyl carbamates (subject to hydrolysis) is 1. The van der Waals surface area contributed by atoms with Gasteiger partial charge in [0, 0.05) is 12.1 Å². The van der Waals surface area contributed by atoms with Gasteiger partial charge in [-0.05, 0) is 23.8 Å². The fourth-order valence-corrected chi connectivity index (χ4v) is 2.47. The van der Waals surface area contributed by atoms with Gasteiger partial charge in [0.2, 0.25) is 0 Å². The summed E-state index contributed by atoms with van der Waals surface area (Å²) >= 11 is 0. The van der Waals surface area contributed by atoms with Gasteiger partial charge in [-0.15, -0.1) is 0 Å². The Hall–Kier alpha value is -3.55. The van der Waals surface area contributed by atoms with Crippen molar-refractivity contribution in [1.82, 2.24) is 10.6 Å². The molecular weight excluding hydrogens is 376 g/mol. The molecule has 0 bridgehead atoms. The lowest BCUT2D eigenvalue weighted by Crippen LogP contribution is -2.45. The highest BCUT2D eigenvalue weighted by molar-refractivity contribution is 5.94. The predicted octanol–water partition coefficient (Wildman–Crippen LogP) is 2.28. The molecular formula is C21H24N2O6. The molecule has 1 atom stereocenters. The summed E-state index contributed by atoms with van der Waals surface area (Å²) in [6.07, 6.45) is -0.812. The third-order valence-corrected chi connectivity index (χ3v) is 4.02. The largest absolute Gasteiger partial charge is 0.497 e. The summed E-state index contributed by atoms with van der Waals surface area (Å²) in [6, 6.07) is 15.1. The van der Waals surface area contributed by atoms with Gasteiger partial charge in [0.25, 0.3) is 5.91 Å². The van der Waals surface area contributed by atoms with E-state index in [9.17, 15) is 14.4 Å². The molecule has 2 N–H and O–H groups in total. The first-order valence-corrected chi connectivity index (χ1v) is 8.98. The van der Waals surface area contributed by atoms with E-state index in [0.717, 1.165) is 5.56 Å². The third-order valence-electron chi connectivity index (χ3n) is 4.02. The Kier molecular flexibility index (Phi) is 8.50. The van der Waals surface area contributed by atoms with Crippen molar-refractivity contribution in [3.63, 3.8) is 0 Å². The maximum Gasteiger partial charge on any atom is 0.407 e. The van der Waals surface area contributed by atoms with Gasteiger partial charge < -0.3 is 24.8 Å². The number of methoxy groups -OCH3 is 2. The number of rotatable bonds is 9. The van der Waals surface area contributed by atoms with E-state index < -0.39 is 18.1 Å². The second-order valence-corrected chi connectivity index (χ2v) is 6.13. The molecule has 0 aliphatic heterocycles. The third kappa shape index (κ3) is 7.53. The average Bonchev–Trinajstić information content (AvgIpc) is 2.76. The highest BCUT2D eigenvalue weighted by Gasteiger charge is 2.19. The van der Waals surface area contributed by atoms with E-state index in [1.807, 2.05) is 30.3 Å². The van der Waals surface area contributed by atoms with Gasteiger partial charge in [-0.2, -0.15) is 0 Å². The van der Waals surface area contributed by atoms with Gasteiger partial charge in [0.1, 0.15) is 12.4 Å². The highest BCUT2D eigenvalue weighted by atomic mass is 16.5. The number of amides is 2. The van der Waals surface area contributed by atoms with Crippen LogP contribution in [0.1, 0.15) is 22.3 Å². The number of benzene rings is 2. The maximum absolute atomic E-state index is 12.3. The summed E-state index contributed by atoms with van der Waals surface area (Å²) < 4.78 is 14.9. The van der Waals surface area contributed by atoms with Crippen LogP contribution in [0.4, 0.5) is 4.79 Å². The minimum atomic E-state index is -0.696. The van der Waals surface area contributed by atoms with Gasteiger partial charge in [0.15, 0.2) is 0 Å². The van der Waals surface area contributed by atoms with Crippen molar-refractivity contribution < 1.29 is 28.6 Å². The van der Waals surface area contributed by atoms with Crippen molar-refractivity contribution >= 4 is 18.0 Å². The lowest BCUT2D eigenvalue weighted by atomic mass is 10.1. The molecule has 2 rings (SSSR count). The van der Waals surface area contributed by atoms with E-state index in [2.05, 4.69) is 15.4 Å². The standard InChI is InChI=1S/C21H24N2O6/c1-27-18-10-6-9-16(11-18)20(25)22-13-17(12-19(24)28-2)23-21(26)29-14-15-7-4-3-5-8-15/h3-11,17H,12-14H2,1-2H3,(H,22,25)(H,23,26). The number of ether oxygens (including phenoxy) is 3. The molecule has 2 aromatic carbocycles. The van der Waals surface area contributed by atoms with Crippen LogP contribution in [0.5, 0.6) is 5.75 Å². The lowest BCUT2D eigenvalue weighted by molar-refractivity contribution is -0.141. The number of nitrogens with one attached hydrogen (secondary N) is 2. The highest BCUT2D eigenvalue weighted by Crippen LogP contribution is 2.12. The second-order valence-electron chi connectivity index (χ2n) is 6.13. The van der Waals surface area contributed by atoms with Gasteiger partial charge in [-0.3, -0.25) is 9.59 Å². The van der Waals surface area contributed by atoms with Crippen LogP contribution in [-0.4, -0.2) is 44.8 Å². The van der Waals surface area contributed by atoms with Crippen LogP contribution in [0.2, 0.25) is 0 Å². The first kappa shape index (κ1) is 21.7. The molecule has 29 heavy (non-hydrogen) atoms. The zero-order valence-electron chi connectivity index (χ0n) is 16.3. The molecule has 0 aromatic heterocycles. The second kappa shape index (κ2) is 11.3. The molecule has 0 saturated heterocycles. The topological polar surface area (TPSA) is 103 Å². The van der Waals surface area contributed by atoms with Crippen molar-refractivity contribution in [2.45, 2.75) is 19.1 Å². The minimum Gasteiger partial charge on any atom is -0.497 e. The fourth-order valence-electron chi connectivity index (χ4n) is 2.47. The monoisotopic (exact) mass is 400 g/mol. The van der Waals surface area contributed by atoms with E-state index in [1.165, 1.54) is 14.2 Å². The van der Waals surface area contributed by atoms with Gasteiger partial charge in [0.05, 0.1) is 26.7 Å². The molecule has 8 nitrogen and oxygen atoms in total. The Morgan fingerprint density at radius 1 is 1.00 bits per heavy atom. The van der Waals surface area contributed by atoms with Crippen molar-refractivity contribution in [1.29, 1.82) is 0 Å². The first-order valence-electron chi connectivity index (χ1n) is 8.98. The van der Waals surface area contributed by atoms with Gasteiger partial charge in [-0.25, -0.2) is 4.79 Å². The quantitative estimate of drug-likeness (QED) is 0.626. The number of hydrogen-bond donors (Lipinski definition) is 2. The Labute approximate surface area is 169 Å². The summed E-state index contributed by atoms with van der Waals surface area (Å²) in [5.41, 5.74) is 1.23. The first-order chi connectivity index (χ1) is 14.0. The van der Waals surface area contributed by atoms with E-state index in [1.54, 1.807) is 24.3 Å². The normalized spacial score (nSPS) is 11.1. The van der Waals surface area contributed by atoms with E-state index >= 15 is 0 Å². The van der Waals surface area contributed by atoms with Gasteiger partial charge in [-0.1, -0.05) is 36.4 Å². The van der Waals surface area contributed by atoms with Crippen molar-refractivity contribution in [3.05, 3.63) is 65.7 Å². The van der Waals surface area contributed by atoms with Crippen molar-refractivity contribution in [3.8, 4) is 5.75 Å². The Bertz CT molecular complexity index is 825. The van der Waals surface area contributed by atoms with Crippen LogP contribution < -0.4 is 15.4 Å². The SMILES string of the molecule is COC(=O)CC(CNC(=O)c1cccc(OC)c1)NC(=O)OCc1ccccc1. The summed E-state index contributed by atoms with van der Waals surface area (Å²) in [7, 11) is 2.76. The Morgan fingerprint density at radius 3 is 2.45 bits per heavy atom. The molecule has 0 saturated carbocycles. The number of carbonyl (C=O) groups excluding carboxylic acids is 3. The summed E-state index contributed by atoms with van der Waals surface area (Å²) in [6.45, 7) is 0.110. The van der Waals surface area contributed by atoms with Crippen molar-refractivity contribution in [2.24, 2.45) is 0 Å². The molecule has 8 heteroatoms. The zero-order chi connectivity index (χ0) is 21.1. The molecule has 0 fully saturated rings. The molecule has 0 radical (unpaired) electrons. The van der Waals surface area contributed by atoms with Crippen LogP contribution >= 0.6 is 0 Å². The summed E-state index contributed by atoms with van der Waals surface area (Å²) in [5.74, 6) is -0.335. The number of esters is 1. The molecule has 0 aliphatic rings. The van der Waals surface area contributed by atoms with Crippen molar-refractivity contribution in [2.75, 3.05) is 20.8 Å². The molecule has 154 valence electrons. The fraction of sp³-hybridized carbons (Fsp3) is 0.286. The predicted molar refractivity (Wildman–Crippen MR) is 106 cm³/mol. The number of hydrogen-bond acceptors (Lipinski definition) is 6. The molecule has 0 heterocycles. The van der Waals surface area contributed by atoms with Crippen LogP contribution in [0.25, 0.3) is 0 Å². The minimum absolute atomic E-state index is 0.0194. The zero-order valence-corrected chi connectivity index (χ0v) is 16.3. The maximum atomic E-state index is 12.3. The lowest BCUT2D eigenvalue weighted by Gasteiger charge is -2.18. The molecule has 0 spiro atoms. The Morgan fingerprint density at radius 2 is 1.76 bits per heavy atom. The molecule has 2 aromatic rings. The summed E-state index contributed by atoms with van der Waals surface area (Å²) in [5, 5.41) is 5.27. The van der Waals surface area contributed by atoms with Crippen LogP contribution in [0, 0.1) is 0 Å². The van der Waals surface area contributed by atoms with Crippen LogP contribution in [0.15, 0.2) is 54.6 Å². The summed E-state index contributed by atoms with van der Waals surface area (Å²) in [4.78, 5) is 36.1. The van der Waals surface area contributed by atoms with Crippen LogP contribution in [0.3, 0.4) is 0 Å². The Balaban J connectivity index is 1.91. The van der Waals surface area contributed by atoms with E-state index in [4.69, 9.17) is 9.47 Å². The average molecular weight is 400 g/mol. The van der Waals surface area contributed by atoms with E-state index in [0.29, 0.717) is 11.3 Å². The molecule has 0 aliphatic carbocycles. The molecule has 1 unspecified atom stereocenters. The molecule has 2 amide bonds. The van der Waals surface area contributed by atoms with E-state index in [-0.39, 0.29) is 25.5 Å². The van der Waals surface area contributed by atoms with Gasteiger partial charge >= 0.3 is 12.1 Å². The smallest absolute Gasteiger partial charge is 0.407 e.